The van der Waals surface area contributed by atoms with Crippen molar-refractivity contribution in [2.75, 3.05) is 0 Å². The molecule has 1 aliphatic rings. The van der Waals surface area contributed by atoms with E-state index in [1.807, 2.05) is 19.9 Å². The van der Waals surface area contributed by atoms with E-state index < -0.39 is 0 Å². The van der Waals surface area contributed by atoms with Crippen LogP contribution in [-0.4, -0.2) is 11.0 Å². The molecule has 1 aliphatic carbocycles. The normalized spacial score (nSPS) is 14.9. The summed E-state index contributed by atoms with van der Waals surface area (Å²) in [5, 5.41) is 4.50. The Morgan fingerprint density at radius 2 is 2.16 bits per heavy atom. The van der Waals surface area contributed by atoms with Gasteiger partial charge in [0.25, 0.3) is 0 Å². The maximum atomic E-state index is 13.1. The molecule has 1 aromatic heterocycles. The molecule has 1 heterocycles. The molecule has 0 bridgehead atoms. The van der Waals surface area contributed by atoms with E-state index in [1.54, 1.807) is 17.4 Å². The van der Waals surface area contributed by atoms with E-state index in [0.717, 1.165) is 28.4 Å². The van der Waals surface area contributed by atoms with Gasteiger partial charge in [-0.1, -0.05) is 0 Å². The fourth-order valence-corrected chi connectivity index (χ4v) is 3.20. The molecule has 0 amide bonds. The van der Waals surface area contributed by atoms with E-state index in [2.05, 4.69) is 10.3 Å². The molecule has 0 radical (unpaired) electrons. The third-order valence-corrected chi connectivity index (χ3v) is 4.63. The van der Waals surface area contributed by atoms with Gasteiger partial charge in [-0.3, -0.25) is 0 Å². The third-order valence-electron chi connectivity index (χ3n) is 3.44. The zero-order chi connectivity index (χ0) is 13.4. The van der Waals surface area contributed by atoms with Crippen molar-refractivity contribution in [3.8, 4) is 10.6 Å². The first kappa shape index (κ1) is 12.8. The van der Waals surface area contributed by atoms with Crippen molar-refractivity contribution in [3.05, 3.63) is 40.2 Å². The lowest BCUT2D eigenvalue weighted by Crippen LogP contribution is -2.14. The lowest BCUT2D eigenvalue weighted by molar-refractivity contribution is 0.627. The quantitative estimate of drug-likeness (QED) is 0.918. The van der Waals surface area contributed by atoms with Gasteiger partial charge in [0.15, 0.2) is 0 Å². The maximum absolute atomic E-state index is 13.1. The Labute approximate surface area is 116 Å². The standard InChI is InChI=1S/C15H17FN2S/c1-9-7-11(16)3-6-13(9)15-18-10(2)14(19-15)8-17-12-4-5-12/h3,6-7,12,17H,4-5,8H2,1-2H3. The van der Waals surface area contributed by atoms with Crippen LogP contribution in [-0.2, 0) is 6.54 Å². The number of rotatable bonds is 4. The van der Waals surface area contributed by atoms with E-state index in [4.69, 9.17) is 0 Å². The highest BCUT2D eigenvalue weighted by molar-refractivity contribution is 7.15. The monoisotopic (exact) mass is 276 g/mol. The number of thiazole rings is 1. The molecular weight excluding hydrogens is 259 g/mol. The van der Waals surface area contributed by atoms with Crippen LogP contribution in [0.4, 0.5) is 4.39 Å². The van der Waals surface area contributed by atoms with Crippen molar-refractivity contribution in [1.29, 1.82) is 0 Å². The summed E-state index contributed by atoms with van der Waals surface area (Å²) < 4.78 is 13.1. The van der Waals surface area contributed by atoms with Crippen LogP contribution in [0.2, 0.25) is 0 Å². The summed E-state index contributed by atoms with van der Waals surface area (Å²) >= 11 is 1.71. The predicted octanol–water partition coefficient (Wildman–Crippen LogP) is 3.82. The molecule has 19 heavy (non-hydrogen) atoms. The molecular formula is C15H17FN2S. The van der Waals surface area contributed by atoms with Gasteiger partial charge in [-0.25, -0.2) is 9.37 Å². The topological polar surface area (TPSA) is 24.9 Å². The van der Waals surface area contributed by atoms with Gasteiger partial charge in [0.05, 0.1) is 5.69 Å². The van der Waals surface area contributed by atoms with Crippen molar-refractivity contribution in [1.82, 2.24) is 10.3 Å². The molecule has 1 saturated carbocycles. The zero-order valence-electron chi connectivity index (χ0n) is 11.2. The van der Waals surface area contributed by atoms with Crippen LogP contribution in [0.5, 0.6) is 0 Å². The summed E-state index contributed by atoms with van der Waals surface area (Å²) in [7, 11) is 0. The Hall–Kier alpha value is -1.26. The summed E-state index contributed by atoms with van der Waals surface area (Å²) in [6, 6.07) is 5.59. The lowest BCUT2D eigenvalue weighted by atomic mass is 10.1. The Morgan fingerprint density at radius 3 is 2.84 bits per heavy atom. The summed E-state index contributed by atoms with van der Waals surface area (Å²) in [6.45, 7) is 4.87. The van der Waals surface area contributed by atoms with Crippen LogP contribution >= 0.6 is 11.3 Å². The second-order valence-corrected chi connectivity index (χ2v) is 6.23. The molecule has 3 rings (SSSR count). The fraction of sp³-hybridized carbons (Fsp3) is 0.400. The van der Waals surface area contributed by atoms with Crippen LogP contribution in [0.1, 0.15) is 29.0 Å². The first-order chi connectivity index (χ1) is 9.13. The van der Waals surface area contributed by atoms with Crippen molar-refractivity contribution in [3.63, 3.8) is 0 Å². The van der Waals surface area contributed by atoms with Crippen molar-refractivity contribution in [2.45, 2.75) is 39.3 Å². The van der Waals surface area contributed by atoms with Gasteiger partial charge in [-0.2, -0.15) is 0 Å². The molecule has 2 nitrogen and oxygen atoms in total. The van der Waals surface area contributed by atoms with E-state index in [0.29, 0.717) is 6.04 Å². The maximum Gasteiger partial charge on any atom is 0.124 e. The molecule has 4 heteroatoms. The largest absolute Gasteiger partial charge is 0.309 e. The summed E-state index contributed by atoms with van der Waals surface area (Å²) in [4.78, 5) is 5.91. The number of aromatic nitrogens is 1. The van der Waals surface area contributed by atoms with Crippen LogP contribution in [0.25, 0.3) is 10.6 Å². The van der Waals surface area contributed by atoms with Crippen LogP contribution < -0.4 is 5.32 Å². The van der Waals surface area contributed by atoms with Crippen LogP contribution in [0.3, 0.4) is 0 Å². The van der Waals surface area contributed by atoms with E-state index in [1.165, 1.54) is 23.8 Å². The zero-order valence-corrected chi connectivity index (χ0v) is 12.0. The van der Waals surface area contributed by atoms with Crippen LogP contribution in [0, 0.1) is 19.7 Å². The van der Waals surface area contributed by atoms with Gasteiger partial charge in [0, 0.05) is 23.0 Å². The van der Waals surface area contributed by atoms with Gasteiger partial charge in [-0.15, -0.1) is 11.3 Å². The average molecular weight is 276 g/mol. The molecule has 100 valence electrons. The third kappa shape index (κ3) is 2.85. The minimum absolute atomic E-state index is 0.190. The van der Waals surface area contributed by atoms with Gasteiger partial charge in [0.2, 0.25) is 0 Å². The van der Waals surface area contributed by atoms with Gasteiger partial charge < -0.3 is 5.32 Å². The summed E-state index contributed by atoms with van der Waals surface area (Å²) in [6.07, 6.45) is 2.59. The summed E-state index contributed by atoms with van der Waals surface area (Å²) in [5.74, 6) is -0.190. The highest BCUT2D eigenvalue weighted by Gasteiger charge is 2.21. The summed E-state index contributed by atoms with van der Waals surface area (Å²) in [5.41, 5.74) is 3.06. The van der Waals surface area contributed by atoms with Crippen molar-refractivity contribution < 1.29 is 4.39 Å². The second kappa shape index (κ2) is 5.02. The first-order valence-electron chi connectivity index (χ1n) is 6.59. The number of hydrogen-bond acceptors (Lipinski definition) is 3. The molecule has 1 N–H and O–H groups in total. The Kier molecular flexibility index (Phi) is 3.37. The smallest absolute Gasteiger partial charge is 0.124 e. The van der Waals surface area contributed by atoms with Gasteiger partial charge in [0.1, 0.15) is 10.8 Å². The number of hydrogen-bond donors (Lipinski definition) is 1. The first-order valence-corrected chi connectivity index (χ1v) is 7.41. The number of nitrogens with zero attached hydrogens (tertiary/aromatic N) is 1. The molecule has 0 saturated heterocycles. The number of benzene rings is 1. The Bertz CT molecular complexity index is 602. The minimum Gasteiger partial charge on any atom is -0.309 e. The average Bonchev–Trinajstić information content (AvgIpc) is 3.11. The van der Waals surface area contributed by atoms with Gasteiger partial charge in [-0.05, 0) is 50.5 Å². The minimum atomic E-state index is -0.190. The number of aryl methyl sites for hydroxylation is 2. The molecule has 0 aliphatic heterocycles. The van der Waals surface area contributed by atoms with E-state index in [9.17, 15) is 4.39 Å². The fourth-order valence-electron chi connectivity index (χ4n) is 2.10. The van der Waals surface area contributed by atoms with E-state index in [-0.39, 0.29) is 5.82 Å². The molecule has 0 atom stereocenters. The van der Waals surface area contributed by atoms with Crippen molar-refractivity contribution in [2.24, 2.45) is 0 Å². The number of halogens is 1. The van der Waals surface area contributed by atoms with E-state index >= 15 is 0 Å². The second-order valence-electron chi connectivity index (χ2n) is 5.14. The highest BCUT2D eigenvalue weighted by Crippen LogP contribution is 2.31. The predicted molar refractivity (Wildman–Crippen MR) is 76.8 cm³/mol. The lowest BCUT2D eigenvalue weighted by Gasteiger charge is -2.01. The molecule has 1 fully saturated rings. The highest BCUT2D eigenvalue weighted by atomic mass is 32.1. The molecule has 0 unspecified atom stereocenters. The molecule has 0 spiro atoms. The molecule has 1 aromatic carbocycles. The SMILES string of the molecule is Cc1cc(F)ccc1-c1nc(C)c(CNC2CC2)s1. The van der Waals surface area contributed by atoms with Gasteiger partial charge >= 0.3 is 0 Å². The van der Waals surface area contributed by atoms with Crippen molar-refractivity contribution >= 4 is 11.3 Å². The Balaban J connectivity index is 1.85. The Morgan fingerprint density at radius 1 is 1.37 bits per heavy atom. The molecule has 2 aromatic rings. The number of nitrogens with one attached hydrogen (secondary N) is 1. The van der Waals surface area contributed by atoms with Crippen LogP contribution in [0.15, 0.2) is 18.2 Å².